The van der Waals surface area contributed by atoms with Crippen LogP contribution >= 0.6 is 11.3 Å². The lowest BCUT2D eigenvalue weighted by Crippen LogP contribution is -2.04. The van der Waals surface area contributed by atoms with Gasteiger partial charge in [-0.05, 0) is 96.1 Å². The maximum Gasteiger partial charge on any atom is 0.295 e. The van der Waals surface area contributed by atoms with Crippen molar-refractivity contribution in [3.63, 3.8) is 0 Å². The van der Waals surface area contributed by atoms with Crippen molar-refractivity contribution in [2.75, 3.05) is 10.6 Å². The number of hydrogen-bond donors (Lipinski definition) is 6. The Morgan fingerprint density at radius 3 is 1.76 bits per heavy atom. The first-order chi connectivity index (χ1) is 33.4. The van der Waals surface area contributed by atoms with Crippen LogP contribution in [0.4, 0.5) is 49.9 Å². The normalized spacial score (nSPS) is 12.5. The van der Waals surface area contributed by atoms with Crippen molar-refractivity contribution in [2.24, 2.45) is 20.5 Å². The van der Waals surface area contributed by atoms with Crippen LogP contribution < -0.4 is 10.6 Å². The Morgan fingerprint density at radius 1 is 0.634 bits per heavy atom. The van der Waals surface area contributed by atoms with Crippen LogP contribution in [0.2, 0.25) is 0 Å². The maximum absolute atomic E-state index is 12.6. The van der Waals surface area contributed by atoms with Gasteiger partial charge in [0.15, 0.2) is 5.00 Å². The number of nitrogens with zero attached hydrogens (tertiary/aromatic N) is 7. The van der Waals surface area contributed by atoms with Crippen molar-refractivity contribution in [2.45, 2.75) is 26.5 Å². The van der Waals surface area contributed by atoms with Crippen molar-refractivity contribution in [1.29, 1.82) is 5.26 Å². The molecule has 0 amide bonds. The number of fused-ring (bicyclic) bond motifs is 2. The molecule has 1 aromatic heterocycles. The first-order valence-electron chi connectivity index (χ1n) is 19.7. The van der Waals surface area contributed by atoms with Crippen molar-refractivity contribution in [1.82, 2.24) is 4.98 Å². The lowest BCUT2D eigenvalue weighted by Gasteiger charge is -2.17. The van der Waals surface area contributed by atoms with Gasteiger partial charge in [0.05, 0.1) is 37.3 Å². The molecule has 28 heteroatoms. The molecular formula is C43H29N9O14S5. The average Bonchev–Trinajstić information content (AvgIpc) is 3.72. The molecule has 0 atom stereocenters. The topological polar surface area (TPSA) is 371 Å². The number of non-ortho nitro benzene ring substituents is 1. The minimum absolute atomic E-state index is 0.0210. The Hall–Kier alpha value is -7.98. The van der Waals surface area contributed by atoms with Crippen LogP contribution in [0.1, 0.15) is 11.1 Å². The summed E-state index contributed by atoms with van der Waals surface area (Å²) in [4.78, 5) is 12.5. The fourth-order valence-electron chi connectivity index (χ4n) is 7.09. The summed E-state index contributed by atoms with van der Waals surface area (Å²) in [6, 6.07) is 29.1. The monoisotopic (exact) mass is 1060 g/mol. The van der Waals surface area contributed by atoms with Gasteiger partial charge >= 0.3 is 0 Å². The molecule has 360 valence electrons. The van der Waals surface area contributed by atoms with Gasteiger partial charge < -0.3 is 10.6 Å². The predicted molar refractivity (Wildman–Crippen MR) is 259 cm³/mol. The Balaban J connectivity index is 1.27. The number of azo groups is 2. The Labute approximate surface area is 405 Å². The molecule has 0 fully saturated rings. The van der Waals surface area contributed by atoms with Gasteiger partial charge in [-0.15, -0.1) is 20.5 Å². The average molecular weight is 1060 g/mol. The van der Waals surface area contributed by atoms with E-state index in [1.807, 2.05) is 24.3 Å². The summed E-state index contributed by atoms with van der Waals surface area (Å²) in [5.74, 6) is 0. The second kappa shape index (κ2) is 18.7. The summed E-state index contributed by atoms with van der Waals surface area (Å²) in [6.45, 7) is 1.55. The van der Waals surface area contributed by atoms with Crippen LogP contribution in [0, 0.1) is 28.4 Å². The van der Waals surface area contributed by atoms with Crippen LogP contribution in [0.25, 0.3) is 32.8 Å². The maximum atomic E-state index is 12.6. The number of anilines is 4. The summed E-state index contributed by atoms with van der Waals surface area (Å²) in [5.41, 5.74) is 0.615. The van der Waals surface area contributed by atoms with Gasteiger partial charge in [0.25, 0.3) is 46.2 Å². The van der Waals surface area contributed by atoms with Crippen molar-refractivity contribution in [3.8, 4) is 17.3 Å². The quantitative estimate of drug-likeness (QED) is 0.0255. The number of nitro benzene ring substituents is 1. The van der Waals surface area contributed by atoms with E-state index in [0.29, 0.717) is 23.4 Å². The molecule has 0 saturated carbocycles. The van der Waals surface area contributed by atoms with Gasteiger partial charge in [0.1, 0.15) is 27.2 Å². The van der Waals surface area contributed by atoms with E-state index in [1.165, 1.54) is 30.3 Å². The Morgan fingerprint density at radius 2 is 1.20 bits per heavy atom. The molecule has 8 aromatic rings. The second-order valence-corrected chi connectivity index (χ2v) is 21.6. The number of rotatable bonds is 14. The Bertz CT molecular complexity index is 4110. The third-order valence-corrected chi connectivity index (χ3v) is 14.7. The van der Waals surface area contributed by atoms with Crippen LogP contribution in [0.5, 0.6) is 0 Å². The minimum Gasteiger partial charge on any atom is -0.354 e. The second-order valence-electron chi connectivity index (χ2n) is 15.0. The molecule has 0 unspecified atom stereocenters. The van der Waals surface area contributed by atoms with Gasteiger partial charge in [0, 0.05) is 39.8 Å². The van der Waals surface area contributed by atoms with E-state index in [9.17, 15) is 67.3 Å². The zero-order valence-electron chi connectivity index (χ0n) is 35.6. The summed E-state index contributed by atoms with van der Waals surface area (Å²) >= 11 is 0.812. The number of hydrogen-bond acceptors (Lipinski definition) is 19. The zero-order chi connectivity index (χ0) is 51.2. The molecule has 7 aromatic carbocycles. The molecule has 71 heavy (non-hydrogen) atoms. The SMILES string of the molecule is Cc1c(C#N)c(Nc2ccc(S(=O)(=O)O)cc2)cc(Nc2ccc(S(=O)(=O)O)cc2)c1N=Nc1nc(-c2ccc3ccccc3c2)c(N=Nc2cc(S(=O)(=O)O)c3cc([N+](=O)[O-])cc(S(=O)(=O)O)c3c2)s1. The van der Waals surface area contributed by atoms with Crippen molar-refractivity contribution in [3.05, 3.63) is 143 Å². The van der Waals surface area contributed by atoms with Crippen LogP contribution in [0.15, 0.2) is 161 Å². The molecule has 6 N–H and O–H groups in total. The number of aromatic nitrogens is 1. The summed E-state index contributed by atoms with van der Waals surface area (Å²) in [7, 11) is -19.6. The van der Waals surface area contributed by atoms with Crippen molar-refractivity contribution < 1.29 is 56.8 Å². The third-order valence-electron chi connectivity index (χ3n) is 10.4. The highest BCUT2D eigenvalue weighted by atomic mass is 32.2. The molecule has 0 saturated heterocycles. The summed E-state index contributed by atoms with van der Waals surface area (Å²) < 4.78 is 136. The van der Waals surface area contributed by atoms with Gasteiger partial charge in [0.2, 0.25) is 5.13 Å². The summed E-state index contributed by atoms with van der Waals surface area (Å²) in [6.07, 6.45) is 0. The van der Waals surface area contributed by atoms with Gasteiger partial charge in [-0.25, -0.2) is 4.98 Å². The van der Waals surface area contributed by atoms with Crippen LogP contribution in [-0.4, -0.2) is 61.8 Å². The molecule has 0 aliphatic carbocycles. The van der Waals surface area contributed by atoms with E-state index in [4.69, 9.17) is 0 Å². The molecule has 0 spiro atoms. The smallest absolute Gasteiger partial charge is 0.295 e. The number of nitrogens with one attached hydrogen (secondary N) is 2. The first kappa shape index (κ1) is 49.4. The highest BCUT2D eigenvalue weighted by Crippen LogP contribution is 2.45. The molecule has 0 bridgehead atoms. The van der Waals surface area contributed by atoms with Gasteiger partial charge in [-0.3, -0.25) is 28.3 Å². The minimum atomic E-state index is -5.24. The molecule has 1 heterocycles. The Kier molecular flexibility index (Phi) is 13.0. The van der Waals surface area contributed by atoms with Crippen LogP contribution in [-0.2, 0) is 40.5 Å². The van der Waals surface area contributed by atoms with Crippen LogP contribution in [0.3, 0.4) is 0 Å². The van der Waals surface area contributed by atoms with Crippen molar-refractivity contribution >= 4 is 123 Å². The molecule has 0 aliphatic heterocycles. The van der Waals surface area contributed by atoms with E-state index in [0.717, 1.165) is 58.5 Å². The number of nitriles is 1. The fraction of sp³-hybridized carbons (Fsp3) is 0.0233. The molecular weight excluding hydrogens is 1030 g/mol. The lowest BCUT2D eigenvalue weighted by atomic mass is 10.0. The number of thiazole rings is 1. The fourth-order valence-corrected chi connectivity index (χ4v) is 10.2. The number of benzene rings is 7. The number of nitro groups is 1. The predicted octanol–water partition coefficient (Wildman–Crippen LogP) is 10.5. The van der Waals surface area contributed by atoms with E-state index in [-0.39, 0.29) is 54.6 Å². The molecule has 8 rings (SSSR count). The molecule has 0 radical (unpaired) electrons. The highest BCUT2D eigenvalue weighted by molar-refractivity contribution is 7.86. The van der Waals surface area contributed by atoms with E-state index in [2.05, 4.69) is 42.1 Å². The summed E-state index contributed by atoms with van der Waals surface area (Å²) in [5, 5.41) is 45.9. The third kappa shape index (κ3) is 10.8. The molecule has 0 aliphatic rings. The zero-order valence-corrected chi connectivity index (χ0v) is 39.7. The van der Waals surface area contributed by atoms with E-state index < -0.39 is 82.2 Å². The van der Waals surface area contributed by atoms with E-state index in [1.54, 1.807) is 25.1 Å². The first-order valence-corrected chi connectivity index (χ1v) is 26.3. The van der Waals surface area contributed by atoms with Gasteiger partial charge in [-0.1, -0.05) is 47.7 Å². The molecule has 23 nitrogen and oxygen atoms in total. The highest BCUT2D eigenvalue weighted by Gasteiger charge is 2.26. The van der Waals surface area contributed by atoms with Gasteiger partial charge in [-0.2, -0.15) is 38.9 Å². The lowest BCUT2D eigenvalue weighted by molar-refractivity contribution is -0.384. The standard InChI is InChI=1S/C43H29N9O14S5/c1-23-35(22-44)36(45-27-8-12-31(13-9-27)68(55,56)57)21-37(46-28-10-14-32(15-11-28)69(58,59)60)40(23)49-51-43-47-41(26-7-6-24-4-2-3-5-25(24)16-26)42(67-43)50-48-29-17-33-34(38(18-29)70(61,62)63)19-30(52(53)54)20-39(33)71(64,65)66/h2-21,45-46H,1H3,(H,55,56,57)(H,58,59,60)(H,61,62,63)(H,64,65,66). The van der Waals surface area contributed by atoms with E-state index >= 15 is 0 Å². The largest absolute Gasteiger partial charge is 0.354 e.